The molecular weight excluding hydrogens is 342 g/mol. The summed E-state index contributed by atoms with van der Waals surface area (Å²) in [5.41, 5.74) is 2.71. The summed E-state index contributed by atoms with van der Waals surface area (Å²) in [4.78, 5) is 13.9. The van der Waals surface area contributed by atoms with E-state index in [0.717, 1.165) is 11.3 Å². The number of benzene rings is 2. The minimum Gasteiger partial charge on any atom is -0.465 e. The summed E-state index contributed by atoms with van der Waals surface area (Å²) in [6.45, 7) is 2.67. The number of carbonyl (C=O) groups excluding carboxylic acids is 1. The highest BCUT2D eigenvalue weighted by molar-refractivity contribution is 7.99. The summed E-state index contributed by atoms with van der Waals surface area (Å²) in [7, 11) is 0. The highest BCUT2D eigenvalue weighted by Gasteiger charge is 2.12. The van der Waals surface area contributed by atoms with Gasteiger partial charge in [-0.15, -0.1) is 11.8 Å². The average Bonchev–Trinajstić information content (AvgIpc) is 3.18. The van der Waals surface area contributed by atoms with Gasteiger partial charge in [0.25, 0.3) is 5.91 Å². The number of thioether (sulfide) groups is 1. The minimum absolute atomic E-state index is 0.0999. The van der Waals surface area contributed by atoms with Crippen LogP contribution >= 0.6 is 11.8 Å². The van der Waals surface area contributed by atoms with Crippen molar-refractivity contribution in [2.45, 2.75) is 11.8 Å². The van der Waals surface area contributed by atoms with E-state index in [2.05, 4.69) is 36.5 Å². The number of rotatable bonds is 7. The van der Waals surface area contributed by atoms with Crippen molar-refractivity contribution < 1.29 is 9.21 Å². The molecule has 0 aliphatic carbocycles. The van der Waals surface area contributed by atoms with E-state index in [1.165, 1.54) is 10.5 Å². The lowest BCUT2D eigenvalue weighted by molar-refractivity contribution is -0.115. The molecule has 0 spiro atoms. The van der Waals surface area contributed by atoms with Gasteiger partial charge in [-0.2, -0.15) is 0 Å². The molecule has 1 aromatic heterocycles. The Morgan fingerprint density at radius 2 is 1.81 bits per heavy atom. The predicted octanol–water partition coefficient (Wildman–Crippen LogP) is 5.04. The van der Waals surface area contributed by atoms with Crippen LogP contribution in [0.1, 0.15) is 16.9 Å². The molecule has 0 bridgehead atoms. The molecule has 26 heavy (non-hydrogen) atoms. The van der Waals surface area contributed by atoms with E-state index in [-0.39, 0.29) is 5.91 Å². The lowest BCUT2D eigenvalue weighted by Gasteiger charge is -2.09. The number of hydrogen-bond donors (Lipinski definition) is 1. The monoisotopic (exact) mass is 363 g/mol. The van der Waals surface area contributed by atoms with E-state index in [4.69, 9.17) is 4.42 Å². The Labute approximate surface area is 158 Å². The van der Waals surface area contributed by atoms with Crippen LogP contribution in [-0.2, 0) is 4.79 Å². The molecule has 0 unspecified atom stereocenters. The molecule has 0 aliphatic rings. The Kier molecular flexibility index (Phi) is 6.34. The van der Waals surface area contributed by atoms with Crippen molar-refractivity contribution in [3.8, 4) is 0 Å². The van der Waals surface area contributed by atoms with Gasteiger partial charge in [-0.3, -0.25) is 4.79 Å². The van der Waals surface area contributed by atoms with Crippen LogP contribution < -0.4 is 5.32 Å². The fourth-order valence-electron chi connectivity index (χ4n) is 2.48. The highest BCUT2D eigenvalue weighted by Crippen LogP contribution is 2.20. The molecule has 2 aromatic carbocycles. The Balaban J connectivity index is 1.62. The number of carbonyl (C=O) groups is 1. The standard InChI is InChI=1S/C22H21NO2S/c1-17-9-11-20(12-10-17)26-15-13-23-22(24)21(16-19-8-5-14-25-19)18-6-3-2-4-7-18/h2-12,14,16H,13,15H2,1H3,(H,23,24)/b21-16+. The Morgan fingerprint density at radius 1 is 1.04 bits per heavy atom. The van der Waals surface area contributed by atoms with E-state index < -0.39 is 0 Å². The van der Waals surface area contributed by atoms with Crippen molar-refractivity contribution in [3.63, 3.8) is 0 Å². The summed E-state index contributed by atoms with van der Waals surface area (Å²) < 4.78 is 5.37. The maximum atomic E-state index is 12.7. The lowest BCUT2D eigenvalue weighted by Crippen LogP contribution is -2.26. The zero-order chi connectivity index (χ0) is 18.2. The molecule has 3 aromatic rings. The van der Waals surface area contributed by atoms with Gasteiger partial charge in [0.15, 0.2) is 0 Å². The molecule has 1 heterocycles. The first-order valence-electron chi connectivity index (χ1n) is 8.51. The SMILES string of the molecule is Cc1ccc(SCCNC(=O)/C(=C/c2ccco2)c2ccccc2)cc1. The van der Waals surface area contributed by atoms with Crippen LogP contribution in [0.4, 0.5) is 0 Å². The maximum Gasteiger partial charge on any atom is 0.252 e. The van der Waals surface area contributed by atoms with Gasteiger partial charge in [0.1, 0.15) is 5.76 Å². The number of hydrogen-bond acceptors (Lipinski definition) is 3. The summed E-state index contributed by atoms with van der Waals surface area (Å²) in [6, 6.07) is 21.7. The molecule has 3 nitrogen and oxygen atoms in total. The van der Waals surface area contributed by atoms with E-state index in [9.17, 15) is 4.79 Å². The van der Waals surface area contributed by atoms with Crippen molar-refractivity contribution in [1.82, 2.24) is 5.32 Å². The van der Waals surface area contributed by atoms with Gasteiger partial charge >= 0.3 is 0 Å². The number of amides is 1. The number of aryl methyl sites for hydroxylation is 1. The maximum absolute atomic E-state index is 12.7. The summed E-state index contributed by atoms with van der Waals surface area (Å²) in [5, 5.41) is 3.01. The third-order valence-electron chi connectivity index (χ3n) is 3.84. The molecule has 0 saturated heterocycles. The molecule has 1 N–H and O–H groups in total. The fourth-order valence-corrected chi connectivity index (χ4v) is 3.24. The van der Waals surface area contributed by atoms with Crippen molar-refractivity contribution >= 4 is 29.3 Å². The normalized spacial score (nSPS) is 11.3. The molecule has 132 valence electrons. The molecule has 0 fully saturated rings. The Bertz CT molecular complexity index is 853. The Hall–Kier alpha value is -2.72. The smallest absolute Gasteiger partial charge is 0.252 e. The first-order chi connectivity index (χ1) is 12.7. The van der Waals surface area contributed by atoms with Crippen molar-refractivity contribution in [2.75, 3.05) is 12.3 Å². The lowest BCUT2D eigenvalue weighted by atomic mass is 10.0. The summed E-state index contributed by atoms with van der Waals surface area (Å²) in [6.07, 6.45) is 3.38. The van der Waals surface area contributed by atoms with Crippen molar-refractivity contribution in [1.29, 1.82) is 0 Å². The third-order valence-corrected chi connectivity index (χ3v) is 4.85. The van der Waals surface area contributed by atoms with Crippen LogP contribution in [0.3, 0.4) is 0 Å². The van der Waals surface area contributed by atoms with E-state index in [1.807, 2.05) is 42.5 Å². The van der Waals surface area contributed by atoms with Crippen LogP contribution in [0.25, 0.3) is 11.6 Å². The largest absolute Gasteiger partial charge is 0.465 e. The average molecular weight is 363 g/mol. The summed E-state index contributed by atoms with van der Waals surface area (Å²) >= 11 is 1.73. The van der Waals surface area contributed by atoms with Gasteiger partial charge in [-0.25, -0.2) is 0 Å². The molecule has 0 aliphatic heterocycles. The molecule has 0 saturated carbocycles. The second kappa shape index (κ2) is 9.11. The second-order valence-electron chi connectivity index (χ2n) is 5.86. The number of furan rings is 1. The first kappa shape index (κ1) is 18.1. The predicted molar refractivity (Wildman–Crippen MR) is 108 cm³/mol. The fraction of sp³-hybridized carbons (Fsp3) is 0.136. The molecular formula is C22H21NO2S. The van der Waals surface area contributed by atoms with Crippen molar-refractivity contribution in [3.05, 3.63) is 89.9 Å². The van der Waals surface area contributed by atoms with Gasteiger partial charge in [0.2, 0.25) is 0 Å². The minimum atomic E-state index is -0.0999. The quantitative estimate of drug-likeness (QED) is 0.363. The van der Waals surface area contributed by atoms with E-state index in [1.54, 1.807) is 24.1 Å². The van der Waals surface area contributed by atoms with Crippen molar-refractivity contribution in [2.24, 2.45) is 0 Å². The summed E-state index contributed by atoms with van der Waals surface area (Å²) in [5.74, 6) is 1.38. The molecule has 1 amide bonds. The van der Waals surface area contributed by atoms with Crippen LogP contribution in [-0.4, -0.2) is 18.2 Å². The van der Waals surface area contributed by atoms with Crippen LogP contribution in [0.5, 0.6) is 0 Å². The van der Waals surface area contributed by atoms with Gasteiger partial charge in [-0.1, -0.05) is 48.0 Å². The van der Waals surface area contributed by atoms with Gasteiger partial charge in [0, 0.05) is 17.2 Å². The molecule has 4 heteroatoms. The van der Waals surface area contributed by atoms with Gasteiger partial charge in [0.05, 0.1) is 11.8 Å². The topological polar surface area (TPSA) is 42.2 Å². The zero-order valence-electron chi connectivity index (χ0n) is 14.6. The van der Waals surface area contributed by atoms with E-state index in [0.29, 0.717) is 17.9 Å². The molecule has 0 radical (unpaired) electrons. The molecule has 0 atom stereocenters. The van der Waals surface area contributed by atoms with Crippen LogP contribution in [0.15, 0.2) is 82.3 Å². The van der Waals surface area contributed by atoms with Gasteiger partial charge in [-0.05, 0) is 42.8 Å². The molecule has 3 rings (SSSR count). The second-order valence-corrected chi connectivity index (χ2v) is 7.03. The van der Waals surface area contributed by atoms with Crippen LogP contribution in [0, 0.1) is 6.92 Å². The van der Waals surface area contributed by atoms with Crippen LogP contribution in [0.2, 0.25) is 0 Å². The zero-order valence-corrected chi connectivity index (χ0v) is 15.5. The Morgan fingerprint density at radius 3 is 2.50 bits per heavy atom. The van der Waals surface area contributed by atoms with Gasteiger partial charge < -0.3 is 9.73 Å². The highest BCUT2D eigenvalue weighted by atomic mass is 32.2. The third kappa shape index (κ3) is 5.14. The first-order valence-corrected chi connectivity index (χ1v) is 9.49. The van der Waals surface area contributed by atoms with E-state index >= 15 is 0 Å². The number of nitrogens with one attached hydrogen (secondary N) is 1.